The van der Waals surface area contributed by atoms with Gasteiger partial charge in [0.1, 0.15) is 6.04 Å². The molecule has 1 unspecified atom stereocenters. The van der Waals surface area contributed by atoms with Gasteiger partial charge in [0.25, 0.3) is 0 Å². The molecule has 1 amide bonds. The summed E-state index contributed by atoms with van der Waals surface area (Å²) in [5.74, 6) is -0.0411. The molecule has 0 radical (unpaired) electrons. The Morgan fingerprint density at radius 1 is 1.18 bits per heavy atom. The van der Waals surface area contributed by atoms with Crippen LogP contribution in [0.25, 0.3) is 0 Å². The number of benzene rings is 1. The van der Waals surface area contributed by atoms with E-state index in [2.05, 4.69) is 27.7 Å². The number of ether oxygens (including phenoxy) is 2. The Hall–Kier alpha value is -1.47. The summed E-state index contributed by atoms with van der Waals surface area (Å²) in [5, 5.41) is 6.08. The first kappa shape index (κ1) is 15.4. The van der Waals surface area contributed by atoms with E-state index in [1.807, 2.05) is 12.1 Å². The highest BCUT2D eigenvalue weighted by molar-refractivity contribution is 5.95. The Bertz CT molecular complexity index is 480. The van der Waals surface area contributed by atoms with E-state index in [0.29, 0.717) is 13.2 Å². The summed E-state index contributed by atoms with van der Waals surface area (Å²) in [4.78, 5) is 14.5. The molecule has 1 atom stereocenters. The van der Waals surface area contributed by atoms with Crippen LogP contribution >= 0.6 is 0 Å². The summed E-state index contributed by atoms with van der Waals surface area (Å²) < 4.78 is 10.7. The van der Waals surface area contributed by atoms with Crippen molar-refractivity contribution in [2.45, 2.75) is 12.6 Å². The number of hydrogen-bond acceptors (Lipinski definition) is 5. The van der Waals surface area contributed by atoms with Crippen LogP contribution in [0.1, 0.15) is 5.56 Å². The summed E-state index contributed by atoms with van der Waals surface area (Å²) in [6.07, 6.45) is 0. The van der Waals surface area contributed by atoms with Gasteiger partial charge in [-0.25, -0.2) is 0 Å². The van der Waals surface area contributed by atoms with Gasteiger partial charge in [-0.2, -0.15) is 0 Å². The summed E-state index contributed by atoms with van der Waals surface area (Å²) in [6.45, 7) is 6.32. The van der Waals surface area contributed by atoms with Gasteiger partial charge < -0.3 is 20.1 Å². The molecule has 2 saturated heterocycles. The fourth-order valence-corrected chi connectivity index (χ4v) is 2.67. The second kappa shape index (κ2) is 7.69. The van der Waals surface area contributed by atoms with Crippen molar-refractivity contribution in [3.05, 3.63) is 29.8 Å². The maximum Gasteiger partial charge on any atom is 0.243 e. The van der Waals surface area contributed by atoms with E-state index in [4.69, 9.17) is 9.47 Å². The SMILES string of the molecule is O=C(Nc1ccc(CN2CCOCC2)cc1)C1COCCN1. The van der Waals surface area contributed by atoms with E-state index in [1.165, 1.54) is 5.56 Å². The molecule has 0 aromatic heterocycles. The molecule has 1 aromatic carbocycles. The molecule has 2 aliphatic heterocycles. The van der Waals surface area contributed by atoms with Crippen LogP contribution in [0.5, 0.6) is 0 Å². The fourth-order valence-electron chi connectivity index (χ4n) is 2.67. The first-order chi connectivity index (χ1) is 10.8. The van der Waals surface area contributed by atoms with E-state index in [9.17, 15) is 4.79 Å². The molecule has 0 bridgehead atoms. The van der Waals surface area contributed by atoms with Crippen LogP contribution in [-0.2, 0) is 20.8 Å². The molecule has 2 N–H and O–H groups in total. The monoisotopic (exact) mass is 305 g/mol. The summed E-state index contributed by atoms with van der Waals surface area (Å²) in [6, 6.07) is 7.78. The maximum absolute atomic E-state index is 12.1. The van der Waals surface area contributed by atoms with Gasteiger partial charge in [0.2, 0.25) is 5.91 Å². The molecule has 1 aromatic rings. The molecular weight excluding hydrogens is 282 g/mol. The number of anilines is 1. The van der Waals surface area contributed by atoms with Gasteiger partial charge in [0, 0.05) is 31.9 Å². The Labute approximate surface area is 130 Å². The Morgan fingerprint density at radius 2 is 1.95 bits per heavy atom. The van der Waals surface area contributed by atoms with E-state index in [0.717, 1.165) is 45.1 Å². The van der Waals surface area contributed by atoms with Crippen molar-refractivity contribution in [3.8, 4) is 0 Å². The highest BCUT2D eigenvalue weighted by atomic mass is 16.5. The minimum absolute atomic E-state index is 0.0411. The van der Waals surface area contributed by atoms with E-state index < -0.39 is 0 Å². The zero-order valence-corrected chi connectivity index (χ0v) is 12.7. The molecule has 2 heterocycles. The lowest BCUT2D eigenvalue weighted by Crippen LogP contribution is -2.48. The highest BCUT2D eigenvalue weighted by Gasteiger charge is 2.21. The van der Waals surface area contributed by atoms with Gasteiger partial charge in [0.15, 0.2) is 0 Å². The first-order valence-corrected chi connectivity index (χ1v) is 7.82. The third kappa shape index (κ3) is 4.27. The fraction of sp³-hybridized carbons (Fsp3) is 0.562. The molecule has 0 spiro atoms. The molecule has 22 heavy (non-hydrogen) atoms. The van der Waals surface area contributed by atoms with Gasteiger partial charge in [-0.05, 0) is 17.7 Å². The third-order valence-electron chi connectivity index (χ3n) is 3.97. The predicted octanol–water partition coefficient (Wildman–Crippen LogP) is 0.446. The molecule has 2 fully saturated rings. The lowest BCUT2D eigenvalue weighted by atomic mass is 10.1. The van der Waals surface area contributed by atoms with Crippen LogP contribution in [0, 0.1) is 0 Å². The zero-order valence-electron chi connectivity index (χ0n) is 12.7. The van der Waals surface area contributed by atoms with Crippen molar-refractivity contribution in [1.82, 2.24) is 10.2 Å². The maximum atomic E-state index is 12.1. The number of amides is 1. The molecular formula is C16H23N3O3. The van der Waals surface area contributed by atoms with E-state index in [1.54, 1.807) is 0 Å². The van der Waals surface area contributed by atoms with Crippen LogP contribution in [0.2, 0.25) is 0 Å². The number of morpholine rings is 2. The minimum Gasteiger partial charge on any atom is -0.379 e. The molecule has 6 nitrogen and oxygen atoms in total. The van der Waals surface area contributed by atoms with Gasteiger partial charge >= 0.3 is 0 Å². The average Bonchev–Trinajstić information content (AvgIpc) is 2.58. The molecule has 0 saturated carbocycles. The lowest BCUT2D eigenvalue weighted by Gasteiger charge is -2.26. The van der Waals surface area contributed by atoms with Crippen LogP contribution in [0.3, 0.4) is 0 Å². The zero-order chi connectivity index (χ0) is 15.2. The van der Waals surface area contributed by atoms with Crippen LogP contribution in [-0.4, -0.2) is 62.9 Å². The quantitative estimate of drug-likeness (QED) is 0.845. The minimum atomic E-state index is -0.262. The van der Waals surface area contributed by atoms with Crippen LogP contribution < -0.4 is 10.6 Å². The number of carbonyl (C=O) groups is 1. The van der Waals surface area contributed by atoms with E-state index >= 15 is 0 Å². The Morgan fingerprint density at radius 3 is 2.64 bits per heavy atom. The number of hydrogen-bond donors (Lipinski definition) is 2. The van der Waals surface area contributed by atoms with Crippen LogP contribution in [0.15, 0.2) is 24.3 Å². The molecule has 6 heteroatoms. The van der Waals surface area contributed by atoms with Crippen LogP contribution in [0.4, 0.5) is 5.69 Å². The van der Waals surface area contributed by atoms with Crippen molar-refractivity contribution in [2.75, 3.05) is 51.4 Å². The molecule has 120 valence electrons. The topological polar surface area (TPSA) is 62.8 Å². The van der Waals surface area contributed by atoms with E-state index in [-0.39, 0.29) is 11.9 Å². The first-order valence-electron chi connectivity index (χ1n) is 7.82. The number of carbonyl (C=O) groups excluding carboxylic acids is 1. The smallest absolute Gasteiger partial charge is 0.243 e. The van der Waals surface area contributed by atoms with Gasteiger partial charge in [0.05, 0.1) is 26.4 Å². The molecule has 3 rings (SSSR count). The highest BCUT2D eigenvalue weighted by Crippen LogP contribution is 2.13. The third-order valence-corrected chi connectivity index (χ3v) is 3.97. The second-order valence-corrected chi connectivity index (χ2v) is 5.66. The number of nitrogens with zero attached hydrogens (tertiary/aromatic N) is 1. The normalized spacial score (nSPS) is 23.2. The average molecular weight is 305 g/mol. The lowest BCUT2D eigenvalue weighted by molar-refractivity contribution is -0.120. The number of rotatable bonds is 4. The number of nitrogens with one attached hydrogen (secondary N) is 2. The second-order valence-electron chi connectivity index (χ2n) is 5.66. The summed E-state index contributed by atoms with van der Waals surface area (Å²) in [7, 11) is 0. The summed E-state index contributed by atoms with van der Waals surface area (Å²) >= 11 is 0. The molecule has 0 aliphatic carbocycles. The Kier molecular flexibility index (Phi) is 5.39. The predicted molar refractivity (Wildman–Crippen MR) is 83.8 cm³/mol. The van der Waals surface area contributed by atoms with Gasteiger partial charge in [-0.3, -0.25) is 9.69 Å². The largest absolute Gasteiger partial charge is 0.379 e. The summed E-state index contributed by atoms with van der Waals surface area (Å²) in [5.41, 5.74) is 2.07. The molecule has 2 aliphatic rings. The van der Waals surface area contributed by atoms with Crippen molar-refractivity contribution in [3.63, 3.8) is 0 Å². The van der Waals surface area contributed by atoms with Crippen molar-refractivity contribution < 1.29 is 14.3 Å². The van der Waals surface area contributed by atoms with Gasteiger partial charge in [-0.15, -0.1) is 0 Å². The Balaban J connectivity index is 1.51. The van der Waals surface area contributed by atoms with Gasteiger partial charge in [-0.1, -0.05) is 12.1 Å². The van der Waals surface area contributed by atoms with Crippen molar-refractivity contribution in [1.29, 1.82) is 0 Å². The standard InChI is InChI=1S/C16H23N3O3/c20-16(15-12-22-8-5-17-15)18-14-3-1-13(2-4-14)11-19-6-9-21-10-7-19/h1-4,15,17H,5-12H2,(H,18,20). The van der Waals surface area contributed by atoms with Crippen molar-refractivity contribution >= 4 is 11.6 Å². The van der Waals surface area contributed by atoms with Crippen molar-refractivity contribution in [2.24, 2.45) is 0 Å².